The maximum Gasteiger partial charge on any atom is 0.271 e. The van der Waals surface area contributed by atoms with Gasteiger partial charge >= 0.3 is 0 Å². The van der Waals surface area contributed by atoms with Gasteiger partial charge in [0.2, 0.25) is 0 Å². The first-order valence-electron chi connectivity index (χ1n) is 10.4. The summed E-state index contributed by atoms with van der Waals surface area (Å²) in [7, 11) is 1.57. The van der Waals surface area contributed by atoms with Crippen LogP contribution >= 0.6 is 0 Å². The molecule has 1 atom stereocenters. The number of carbonyl (C=O) groups excluding carboxylic acids is 1. The highest BCUT2D eigenvalue weighted by atomic mass is 19.1. The summed E-state index contributed by atoms with van der Waals surface area (Å²) in [5.74, 6) is 0.268. The zero-order valence-corrected chi connectivity index (χ0v) is 18.3. The first kappa shape index (κ1) is 21.8. The number of hydrogen-bond acceptors (Lipinski definition) is 4. The van der Waals surface area contributed by atoms with Crippen LogP contribution in [0.5, 0.6) is 5.75 Å². The molecule has 1 heterocycles. The van der Waals surface area contributed by atoms with Gasteiger partial charge in [-0.15, -0.1) is 0 Å². The molecule has 30 heavy (non-hydrogen) atoms. The van der Waals surface area contributed by atoms with Gasteiger partial charge in [-0.1, -0.05) is 13.8 Å². The maximum absolute atomic E-state index is 14.9. The molecule has 2 aromatic carbocycles. The highest BCUT2D eigenvalue weighted by Gasteiger charge is 2.36. The first-order chi connectivity index (χ1) is 14.3. The van der Waals surface area contributed by atoms with Gasteiger partial charge in [-0.3, -0.25) is 4.79 Å². The van der Waals surface area contributed by atoms with Gasteiger partial charge < -0.3 is 9.64 Å². The topological polar surface area (TPSA) is 53.9 Å². The van der Waals surface area contributed by atoms with Crippen molar-refractivity contribution >= 4 is 17.8 Å². The van der Waals surface area contributed by atoms with Gasteiger partial charge in [0.05, 0.1) is 13.3 Å². The molecule has 3 rings (SSSR count). The Hall–Kier alpha value is -2.89. The number of benzene rings is 2. The van der Waals surface area contributed by atoms with Crippen molar-refractivity contribution in [2.45, 2.75) is 52.0 Å². The molecule has 6 heteroatoms. The zero-order valence-electron chi connectivity index (χ0n) is 18.3. The Labute approximate surface area is 177 Å². The van der Waals surface area contributed by atoms with E-state index in [1.165, 1.54) is 6.21 Å². The number of ether oxygens (including phenoxy) is 1. The van der Waals surface area contributed by atoms with Crippen molar-refractivity contribution in [3.63, 3.8) is 0 Å². The average Bonchev–Trinajstić information content (AvgIpc) is 2.71. The van der Waals surface area contributed by atoms with Gasteiger partial charge in [-0.05, 0) is 74.6 Å². The average molecular weight is 412 g/mol. The van der Waals surface area contributed by atoms with Crippen LogP contribution < -0.4 is 15.1 Å². The van der Waals surface area contributed by atoms with Gasteiger partial charge in [0.1, 0.15) is 11.6 Å². The van der Waals surface area contributed by atoms with E-state index in [0.717, 1.165) is 30.6 Å². The van der Waals surface area contributed by atoms with Crippen molar-refractivity contribution in [3.05, 3.63) is 58.9 Å². The molecule has 1 unspecified atom stereocenters. The fourth-order valence-electron chi connectivity index (χ4n) is 4.23. The van der Waals surface area contributed by atoms with E-state index in [0.29, 0.717) is 22.8 Å². The quantitative estimate of drug-likeness (QED) is 0.531. The van der Waals surface area contributed by atoms with Crippen LogP contribution in [0.2, 0.25) is 0 Å². The molecule has 0 saturated heterocycles. The molecule has 0 aliphatic carbocycles. The van der Waals surface area contributed by atoms with Crippen molar-refractivity contribution in [3.8, 4) is 5.75 Å². The lowest BCUT2D eigenvalue weighted by molar-refractivity contribution is 0.0955. The lowest BCUT2D eigenvalue weighted by atomic mass is 9.79. The summed E-state index contributed by atoms with van der Waals surface area (Å²) >= 11 is 0. The normalized spacial score (nSPS) is 17.7. The second-order valence-corrected chi connectivity index (χ2v) is 8.43. The van der Waals surface area contributed by atoms with Gasteiger partial charge in [-0.25, -0.2) is 9.82 Å². The lowest BCUT2D eigenvalue weighted by Gasteiger charge is -2.47. The Morgan fingerprint density at radius 2 is 2.03 bits per heavy atom. The molecule has 5 nitrogen and oxygen atoms in total. The number of fused-ring (bicyclic) bond motifs is 1. The van der Waals surface area contributed by atoms with Crippen molar-refractivity contribution in [1.82, 2.24) is 5.43 Å². The highest BCUT2D eigenvalue weighted by Crippen LogP contribution is 2.44. The van der Waals surface area contributed by atoms with E-state index in [2.05, 4.69) is 43.1 Å². The van der Waals surface area contributed by atoms with Crippen LogP contribution in [0.4, 0.5) is 10.1 Å². The molecule has 0 bridgehead atoms. The Balaban J connectivity index is 1.80. The molecule has 1 aliphatic heterocycles. The Morgan fingerprint density at radius 3 is 2.67 bits per heavy atom. The smallest absolute Gasteiger partial charge is 0.271 e. The summed E-state index contributed by atoms with van der Waals surface area (Å²) in [4.78, 5) is 14.5. The number of amides is 1. The van der Waals surface area contributed by atoms with Gasteiger partial charge in [0.25, 0.3) is 5.91 Å². The minimum atomic E-state index is -0.364. The van der Waals surface area contributed by atoms with Gasteiger partial charge in [0.15, 0.2) is 0 Å². The molecular weight excluding hydrogens is 381 g/mol. The van der Waals surface area contributed by atoms with E-state index < -0.39 is 0 Å². The fraction of sp³-hybridized carbons (Fsp3) is 0.417. The van der Waals surface area contributed by atoms with Crippen molar-refractivity contribution < 1.29 is 13.9 Å². The van der Waals surface area contributed by atoms with Crippen LogP contribution in [-0.2, 0) is 0 Å². The molecule has 1 amide bonds. The predicted octanol–water partition coefficient (Wildman–Crippen LogP) is 5.10. The first-order valence-corrected chi connectivity index (χ1v) is 10.4. The van der Waals surface area contributed by atoms with E-state index in [4.69, 9.17) is 4.74 Å². The number of methoxy groups -OCH3 is 1. The third kappa shape index (κ3) is 4.48. The van der Waals surface area contributed by atoms with Crippen LogP contribution in [0.15, 0.2) is 41.5 Å². The van der Waals surface area contributed by atoms with Gasteiger partial charge in [-0.2, -0.15) is 5.10 Å². The SMILES string of the molecule is CCCN1c2cc(F)c(/C=N\NC(=O)c3ccc(OC)cc3)cc2C(C)CC1(C)C. The van der Waals surface area contributed by atoms with E-state index in [9.17, 15) is 9.18 Å². The molecule has 1 N–H and O–H groups in total. The van der Waals surface area contributed by atoms with Crippen LogP contribution in [0.1, 0.15) is 67.9 Å². The van der Waals surface area contributed by atoms with Crippen molar-refractivity contribution in [2.24, 2.45) is 5.10 Å². The summed E-state index contributed by atoms with van der Waals surface area (Å²) in [5.41, 5.74) is 5.33. The van der Waals surface area contributed by atoms with E-state index in [1.807, 2.05) is 6.07 Å². The summed E-state index contributed by atoms with van der Waals surface area (Å²) in [5, 5.41) is 3.97. The molecule has 160 valence electrons. The Morgan fingerprint density at radius 1 is 1.33 bits per heavy atom. The second kappa shape index (κ2) is 8.86. The molecule has 0 aromatic heterocycles. The summed E-state index contributed by atoms with van der Waals surface area (Å²) in [6.45, 7) is 9.62. The third-order valence-corrected chi connectivity index (χ3v) is 5.67. The molecule has 1 aliphatic rings. The number of rotatable bonds is 6. The Bertz CT molecular complexity index is 938. The number of anilines is 1. The minimum absolute atomic E-state index is 0.0171. The Kier molecular flexibility index (Phi) is 6.44. The van der Waals surface area contributed by atoms with Crippen LogP contribution in [0.3, 0.4) is 0 Å². The van der Waals surface area contributed by atoms with Crippen LogP contribution in [0.25, 0.3) is 0 Å². The molecule has 0 radical (unpaired) electrons. The minimum Gasteiger partial charge on any atom is -0.497 e. The number of carbonyl (C=O) groups is 1. The number of nitrogens with zero attached hydrogens (tertiary/aromatic N) is 2. The fourth-order valence-corrected chi connectivity index (χ4v) is 4.23. The zero-order chi connectivity index (χ0) is 21.9. The van der Waals surface area contributed by atoms with Crippen molar-refractivity contribution in [1.29, 1.82) is 0 Å². The van der Waals surface area contributed by atoms with Gasteiger partial charge in [0, 0.05) is 28.9 Å². The monoisotopic (exact) mass is 411 g/mol. The molecule has 0 spiro atoms. The molecule has 0 saturated carbocycles. The van der Waals surface area contributed by atoms with E-state index >= 15 is 0 Å². The lowest BCUT2D eigenvalue weighted by Crippen LogP contribution is -2.48. The van der Waals surface area contributed by atoms with Crippen molar-refractivity contribution in [2.75, 3.05) is 18.6 Å². The molecular formula is C24H30FN3O2. The van der Waals surface area contributed by atoms with E-state index in [-0.39, 0.29) is 17.3 Å². The number of nitrogens with one attached hydrogen (secondary N) is 1. The third-order valence-electron chi connectivity index (χ3n) is 5.67. The van der Waals surface area contributed by atoms with E-state index in [1.54, 1.807) is 37.4 Å². The molecule has 2 aromatic rings. The predicted molar refractivity (Wildman–Crippen MR) is 119 cm³/mol. The number of hydrazone groups is 1. The van der Waals surface area contributed by atoms with Crippen LogP contribution in [0, 0.1) is 5.82 Å². The highest BCUT2D eigenvalue weighted by molar-refractivity contribution is 5.95. The molecule has 0 fully saturated rings. The summed E-state index contributed by atoms with van der Waals surface area (Å²) in [6.07, 6.45) is 3.36. The number of hydrogen-bond donors (Lipinski definition) is 1. The largest absolute Gasteiger partial charge is 0.497 e. The number of halogens is 1. The maximum atomic E-state index is 14.9. The second-order valence-electron chi connectivity index (χ2n) is 8.43. The summed E-state index contributed by atoms with van der Waals surface area (Å²) < 4.78 is 19.9. The van der Waals surface area contributed by atoms with Crippen LogP contribution in [-0.4, -0.2) is 31.3 Å². The standard InChI is InChI=1S/C24H30FN3O2/c1-6-11-28-22-13-21(25)18(12-20(22)16(2)14-24(28,3)4)15-26-27-23(29)17-7-9-19(30-5)10-8-17/h7-10,12-13,15-16H,6,11,14H2,1-5H3,(H,27,29)/b26-15-. The summed E-state index contributed by atoms with van der Waals surface area (Å²) in [6, 6.07) is 10.2.